The minimum atomic E-state index is -1.69. The van der Waals surface area contributed by atoms with E-state index in [1.807, 2.05) is 24.4 Å². The van der Waals surface area contributed by atoms with Gasteiger partial charge in [-0.25, -0.2) is 0 Å². The third-order valence-electron chi connectivity index (χ3n) is 6.17. The van der Waals surface area contributed by atoms with Gasteiger partial charge in [0.15, 0.2) is 8.32 Å². The third-order valence-corrected chi connectivity index (χ3v) is 11.2. The number of fused-ring (bicyclic) bond motifs is 1. The number of nitrogens with one attached hydrogen (secondary N) is 1. The molecular weight excluding hydrogens is 418 g/mol. The predicted octanol–water partition coefficient (Wildman–Crippen LogP) is 6.32. The van der Waals surface area contributed by atoms with E-state index in [0.717, 1.165) is 52.4 Å². The van der Waals surface area contributed by atoms with E-state index in [9.17, 15) is 0 Å². The first kappa shape index (κ1) is 20.6. The number of nitrogen functional groups attached to an aromatic ring is 1. The van der Waals surface area contributed by atoms with Crippen LogP contribution >= 0.6 is 15.9 Å². The van der Waals surface area contributed by atoms with E-state index in [2.05, 4.69) is 60.1 Å². The highest BCUT2D eigenvalue weighted by Crippen LogP contribution is 2.39. The molecule has 148 valence electrons. The Labute approximate surface area is 172 Å². The second-order valence-corrected chi connectivity index (χ2v) is 14.9. The first-order valence-electron chi connectivity index (χ1n) is 9.85. The summed E-state index contributed by atoms with van der Waals surface area (Å²) in [4.78, 5) is 4.56. The Balaban J connectivity index is 1.63. The van der Waals surface area contributed by atoms with Crippen molar-refractivity contribution in [2.75, 3.05) is 11.1 Å². The molecule has 0 unspecified atom stereocenters. The van der Waals surface area contributed by atoms with Gasteiger partial charge in [0.25, 0.3) is 0 Å². The lowest BCUT2D eigenvalue weighted by molar-refractivity contribution is 0.133. The maximum atomic E-state index is 6.61. The molecule has 27 heavy (non-hydrogen) atoms. The number of rotatable bonds is 4. The van der Waals surface area contributed by atoms with E-state index >= 15 is 0 Å². The normalized spacial score (nSPS) is 21.4. The number of pyridine rings is 1. The van der Waals surface area contributed by atoms with Crippen LogP contribution in [-0.4, -0.2) is 25.4 Å². The van der Waals surface area contributed by atoms with Crippen LogP contribution < -0.4 is 11.1 Å². The lowest BCUT2D eigenvalue weighted by Gasteiger charge is -2.41. The van der Waals surface area contributed by atoms with Crippen molar-refractivity contribution in [3.05, 3.63) is 28.9 Å². The number of nitrogens with two attached hydrogens (primary N) is 1. The van der Waals surface area contributed by atoms with Crippen LogP contribution in [0.5, 0.6) is 0 Å². The fraction of sp³-hybridized carbons (Fsp3) is 0.571. The zero-order valence-corrected chi connectivity index (χ0v) is 19.7. The van der Waals surface area contributed by atoms with E-state index < -0.39 is 8.32 Å². The van der Waals surface area contributed by atoms with Crippen LogP contribution in [0.1, 0.15) is 46.5 Å². The number of anilines is 2. The summed E-state index contributed by atoms with van der Waals surface area (Å²) < 4.78 is 7.62. The van der Waals surface area contributed by atoms with Gasteiger partial charge in [-0.05, 0) is 62.0 Å². The van der Waals surface area contributed by atoms with Crippen LogP contribution in [0, 0.1) is 0 Å². The molecule has 3 N–H and O–H groups in total. The standard InChI is InChI=1S/C21H32BrN3OSi/c1-21(2,3)27(4,5)26-16-9-7-15(8-10-16)25-19-13-24-18-11-6-14(22)12-17(18)20(19)23/h6,11-13,15-16,25H,7-10H2,1-5H3,(H2,23,24). The van der Waals surface area contributed by atoms with E-state index in [1.165, 1.54) is 0 Å². The van der Waals surface area contributed by atoms with Gasteiger partial charge in [-0.15, -0.1) is 0 Å². The van der Waals surface area contributed by atoms with Gasteiger partial charge in [0.2, 0.25) is 0 Å². The van der Waals surface area contributed by atoms with E-state index in [-0.39, 0.29) is 5.04 Å². The lowest BCUT2D eigenvalue weighted by atomic mass is 9.93. The molecule has 0 aliphatic heterocycles. The van der Waals surface area contributed by atoms with Gasteiger partial charge in [0.1, 0.15) is 0 Å². The van der Waals surface area contributed by atoms with Crippen LogP contribution in [0.15, 0.2) is 28.9 Å². The van der Waals surface area contributed by atoms with Gasteiger partial charge in [-0.1, -0.05) is 36.7 Å². The van der Waals surface area contributed by atoms with Gasteiger partial charge in [0.05, 0.1) is 23.1 Å². The predicted molar refractivity (Wildman–Crippen MR) is 122 cm³/mol. The molecule has 1 aromatic carbocycles. The zero-order valence-electron chi connectivity index (χ0n) is 17.1. The van der Waals surface area contributed by atoms with Crippen LogP contribution in [0.4, 0.5) is 11.4 Å². The molecule has 4 nitrogen and oxygen atoms in total. The number of nitrogens with zero attached hydrogens (tertiary/aromatic N) is 1. The average Bonchev–Trinajstić information content (AvgIpc) is 2.58. The Morgan fingerprint density at radius 2 is 1.85 bits per heavy atom. The van der Waals surface area contributed by atoms with Crippen molar-refractivity contribution in [1.29, 1.82) is 0 Å². The zero-order chi connectivity index (χ0) is 19.8. The molecule has 6 heteroatoms. The topological polar surface area (TPSA) is 60.2 Å². The van der Waals surface area contributed by atoms with Crippen LogP contribution in [-0.2, 0) is 4.43 Å². The Hall–Kier alpha value is -1.11. The fourth-order valence-corrected chi connectivity index (χ4v) is 5.22. The Morgan fingerprint density at radius 1 is 1.19 bits per heavy atom. The number of aromatic nitrogens is 1. The van der Waals surface area contributed by atoms with E-state index in [1.54, 1.807) is 0 Å². The summed E-state index contributed by atoms with van der Waals surface area (Å²) in [6, 6.07) is 6.44. The molecule has 1 saturated carbocycles. The van der Waals surface area contributed by atoms with Crippen molar-refractivity contribution in [1.82, 2.24) is 4.98 Å². The van der Waals surface area contributed by atoms with Crippen LogP contribution in [0.2, 0.25) is 18.1 Å². The molecule has 1 aliphatic rings. The highest BCUT2D eigenvalue weighted by atomic mass is 79.9. The van der Waals surface area contributed by atoms with Crippen molar-refractivity contribution >= 4 is 46.5 Å². The molecule has 0 radical (unpaired) electrons. The minimum Gasteiger partial charge on any atom is -0.414 e. The summed E-state index contributed by atoms with van der Waals surface area (Å²) in [5, 5.41) is 4.88. The van der Waals surface area contributed by atoms with Gasteiger partial charge in [-0.2, -0.15) is 0 Å². The Morgan fingerprint density at radius 3 is 2.48 bits per heavy atom. The first-order chi connectivity index (χ1) is 12.6. The second-order valence-electron chi connectivity index (χ2n) is 9.24. The van der Waals surface area contributed by atoms with Crippen molar-refractivity contribution in [2.45, 2.75) is 76.7 Å². The summed E-state index contributed by atoms with van der Waals surface area (Å²) >= 11 is 3.52. The second kappa shape index (κ2) is 7.72. The first-order valence-corrected chi connectivity index (χ1v) is 13.5. The van der Waals surface area contributed by atoms with E-state index in [4.69, 9.17) is 10.2 Å². The lowest BCUT2D eigenvalue weighted by Crippen LogP contribution is -2.45. The van der Waals surface area contributed by atoms with Crippen molar-refractivity contribution in [3.8, 4) is 0 Å². The summed E-state index contributed by atoms with van der Waals surface area (Å²) in [6.07, 6.45) is 6.69. The molecule has 0 saturated heterocycles. The van der Waals surface area contributed by atoms with Crippen molar-refractivity contribution in [3.63, 3.8) is 0 Å². The van der Waals surface area contributed by atoms with Crippen molar-refractivity contribution < 1.29 is 4.43 Å². The molecular formula is C21H32BrN3OSi. The van der Waals surface area contributed by atoms with Gasteiger partial charge in [0, 0.05) is 22.0 Å². The molecule has 1 heterocycles. The van der Waals surface area contributed by atoms with Gasteiger partial charge in [-0.3, -0.25) is 4.98 Å². The average molecular weight is 450 g/mol. The number of hydrogen-bond acceptors (Lipinski definition) is 4. The molecule has 1 aliphatic carbocycles. The Kier molecular flexibility index (Phi) is 5.90. The molecule has 2 aromatic rings. The fourth-order valence-electron chi connectivity index (χ4n) is 3.44. The molecule has 0 amide bonds. The molecule has 3 rings (SSSR count). The maximum absolute atomic E-state index is 6.61. The number of halogens is 1. The smallest absolute Gasteiger partial charge is 0.192 e. The molecule has 1 fully saturated rings. The summed E-state index contributed by atoms with van der Waals surface area (Å²) in [7, 11) is -1.69. The third kappa shape index (κ3) is 4.66. The van der Waals surface area contributed by atoms with Gasteiger partial charge < -0.3 is 15.5 Å². The maximum Gasteiger partial charge on any atom is 0.192 e. The summed E-state index contributed by atoms with van der Waals surface area (Å²) in [5.74, 6) is 0. The SMILES string of the molecule is CC(C)(C)[Si](C)(C)OC1CCC(Nc2cnc3ccc(Br)cc3c2N)CC1. The Bertz CT molecular complexity index is 811. The van der Waals surface area contributed by atoms with Crippen LogP contribution in [0.3, 0.4) is 0 Å². The minimum absolute atomic E-state index is 0.265. The largest absolute Gasteiger partial charge is 0.414 e. The quantitative estimate of drug-likeness (QED) is 0.535. The highest BCUT2D eigenvalue weighted by molar-refractivity contribution is 9.10. The van der Waals surface area contributed by atoms with E-state index in [0.29, 0.717) is 12.1 Å². The number of benzene rings is 1. The summed E-state index contributed by atoms with van der Waals surface area (Å²) in [5.41, 5.74) is 9.06. The molecule has 0 atom stereocenters. The number of hydrogen-bond donors (Lipinski definition) is 2. The van der Waals surface area contributed by atoms with Gasteiger partial charge >= 0.3 is 0 Å². The summed E-state index contributed by atoms with van der Waals surface area (Å²) in [6.45, 7) is 11.6. The molecule has 0 spiro atoms. The van der Waals surface area contributed by atoms with Crippen molar-refractivity contribution in [2.24, 2.45) is 0 Å². The van der Waals surface area contributed by atoms with Crippen LogP contribution in [0.25, 0.3) is 10.9 Å². The monoisotopic (exact) mass is 449 g/mol. The molecule has 0 bridgehead atoms. The molecule has 1 aromatic heterocycles. The highest BCUT2D eigenvalue weighted by Gasteiger charge is 2.39.